The summed E-state index contributed by atoms with van der Waals surface area (Å²) in [6.07, 6.45) is 105. The van der Waals surface area contributed by atoms with Gasteiger partial charge in [-0.25, -0.2) is 0 Å². The highest BCUT2D eigenvalue weighted by molar-refractivity contribution is 5.44. The van der Waals surface area contributed by atoms with E-state index in [1.54, 1.807) is 315 Å². The fraction of sp³-hybridized carbons (Fsp3) is 1.00. The van der Waals surface area contributed by atoms with Crippen LogP contribution in [0.2, 0.25) is 0 Å². The van der Waals surface area contributed by atoms with Crippen molar-refractivity contribution in [2.24, 2.45) is 313 Å². The summed E-state index contributed by atoms with van der Waals surface area (Å²) >= 11 is 0. The number of hydrogen-bond acceptors (Lipinski definition) is 0. The molecule has 0 aromatic carbocycles. The van der Waals surface area contributed by atoms with Gasteiger partial charge in [-0.15, -0.1) is 0 Å². The molecular weight excluding hydrogens is 1440 g/mol. The Labute approximate surface area is 738 Å². The minimum Gasteiger partial charge on any atom is -0.0533 e. The van der Waals surface area contributed by atoms with Gasteiger partial charge in [0.15, 0.2) is 0 Å². The first kappa shape index (κ1) is 78.6. The Balaban J connectivity index is 0.0000000673. The predicted octanol–water partition coefficient (Wildman–Crippen LogP) is 32.5. The molecule has 0 aliphatic heterocycles. The lowest BCUT2D eigenvalue weighted by Gasteiger charge is -3.03. The van der Waals surface area contributed by atoms with Crippen molar-refractivity contribution < 1.29 is 0 Å². The van der Waals surface area contributed by atoms with Gasteiger partial charge in [0.05, 0.1) is 0 Å². The molecule has 0 aromatic heterocycles. The van der Waals surface area contributed by atoms with E-state index in [0.717, 1.165) is 11.3 Å². The number of rotatable bonds is 0. The molecule has 0 aromatic rings. The van der Waals surface area contributed by atoms with Gasteiger partial charge >= 0.3 is 0 Å². The summed E-state index contributed by atoms with van der Waals surface area (Å²) in [5, 5.41) is 0. The fourth-order valence-electron chi connectivity index (χ4n) is 48.8. The van der Waals surface area contributed by atoms with Gasteiger partial charge in [0.25, 0.3) is 0 Å². The van der Waals surface area contributed by atoms with Crippen molar-refractivity contribution in [3.05, 3.63) is 0 Å². The molecule has 47 aliphatic rings. The van der Waals surface area contributed by atoms with Gasteiger partial charge in [0.2, 0.25) is 0 Å². The summed E-state index contributed by atoms with van der Waals surface area (Å²) in [5.41, 5.74) is 0.906. The maximum absolute atomic E-state index is 1.68. The van der Waals surface area contributed by atoms with E-state index < -0.39 is 0 Å². The molecule has 0 nitrogen and oxygen atoms in total. The fourth-order valence-corrected chi connectivity index (χ4v) is 48.8. The quantitative estimate of drug-likeness (QED) is 0.168. The molecule has 1 spiro atoms. The maximum atomic E-state index is 1.68. The lowest BCUT2D eigenvalue weighted by molar-refractivity contribution is -0.565. The molecule has 666 valence electrons. The van der Waals surface area contributed by atoms with Crippen LogP contribution in [0.25, 0.3) is 0 Å². The van der Waals surface area contributed by atoms with Crippen molar-refractivity contribution in [3.63, 3.8) is 0 Å². The molecule has 47 aliphatic carbocycles. The van der Waals surface area contributed by atoms with Gasteiger partial charge in [-0.2, -0.15) is 0 Å². The Kier molecular flexibility index (Phi) is 20.7. The van der Waals surface area contributed by atoms with E-state index in [1.165, 1.54) is 417 Å². The Morgan fingerprint density at radius 2 is 0.383 bits per heavy atom. The second-order valence-electron chi connectivity index (χ2n) is 56.7. The molecule has 47 rings (SSSR count). The zero-order chi connectivity index (χ0) is 77.9. The molecule has 0 amide bonds. The molecule has 47 fully saturated rings. The average molecular weight is 1630 g/mol. The van der Waals surface area contributed by atoms with Gasteiger partial charge in [0.1, 0.15) is 0 Å². The highest BCUT2D eigenvalue weighted by Crippen LogP contribution is 3.01. The van der Waals surface area contributed by atoms with Gasteiger partial charge < -0.3 is 0 Å². The Morgan fingerprint density at radius 3 is 0.742 bits per heavy atom. The third-order valence-corrected chi connectivity index (χ3v) is 52.8. The monoisotopic (exact) mass is 1630 g/mol. The van der Waals surface area contributed by atoms with E-state index in [0.29, 0.717) is 0 Å². The Bertz CT molecular complexity index is 3120. The van der Waals surface area contributed by atoms with Crippen LogP contribution in [0.3, 0.4) is 0 Å². The molecule has 0 N–H and O–H groups in total. The summed E-state index contributed by atoms with van der Waals surface area (Å²) in [6.45, 7) is 0. The smallest absolute Gasteiger partial charge is 0.0266 e. The van der Waals surface area contributed by atoms with Crippen LogP contribution in [0, 0.1) is 313 Å². The average Bonchev–Trinajstić information content (AvgIpc) is 1.01. The lowest BCUT2D eigenvalue weighted by Crippen LogP contribution is -3.00. The molecule has 120 heavy (non-hydrogen) atoms. The van der Waals surface area contributed by atoms with E-state index >= 15 is 0 Å². The minimum atomic E-state index is 0.906. The third kappa shape index (κ3) is 13.3. The zero-order valence-corrected chi connectivity index (χ0v) is 77.9. The second-order valence-corrected chi connectivity index (χ2v) is 56.7. The van der Waals surface area contributed by atoms with Crippen molar-refractivity contribution in [2.45, 2.75) is 430 Å². The molecule has 30 bridgehead atoms. The lowest BCUT2D eigenvalue weighted by atomic mass is 9.01. The van der Waals surface area contributed by atoms with Crippen LogP contribution >= 0.6 is 0 Å². The van der Waals surface area contributed by atoms with Crippen molar-refractivity contribution in [2.75, 3.05) is 0 Å². The molecule has 0 saturated heterocycles. The van der Waals surface area contributed by atoms with Crippen LogP contribution in [0.1, 0.15) is 430 Å². The molecule has 0 radical (unpaired) electrons. The summed E-state index contributed by atoms with van der Waals surface area (Å²) in [5.74, 6) is 64.7. The van der Waals surface area contributed by atoms with Crippen LogP contribution in [0.15, 0.2) is 0 Å². The first-order valence-electron chi connectivity index (χ1n) is 59.4. The molecule has 23 atom stereocenters. The third-order valence-electron chi connectivity index (χ3n) is 52.8. The zero-order valence-electron chi connectivity index (χ0n) is 77.9. The van der Waals surface area contributed by atoms with Crippen molar-refractivity contribution in [1.82, 2.24) is 0 Å². The van der Waals surface area contributed by atoms with E-state index in [2.05, 4.69) is 0 Å². The number of fused-ring (bicyclic) bond motifs is 20. The van der Waals surface area contributed by atoms with Gasteiger partial charge in [0, 0.05) is 0 Å². The summed E-state index contributed by atoms with van der Waals surface area (Å²) in [7, 11) is 0. The first-order chi connectivity index (χ1) is 59.4. The Hall–Kier alpha value is 0. The summed E-state index contributed by atoms with van der Waals surface area (Å²) < 4.78 is 0. The highest BCUT2D eigenvalue weighted by atomic mass is 15.0. The van der Waals surface area contributed by atoms with Crippen LogP contribution in [-0.4, -0.2) is 0 Å². The van der Waals surface area contributed by atoms with E-state index in [-0.39, 0.29) is 0 Å². The first-order valence-corrected chi connectivity index (χ1v) is 59.4. The van der Waals surface area contributed by atoms with E-state index in [4.69, 9.17) is 0 Å². The van der Waals surface area contributed by atoms with Gasteiger partial charge in [-0.05, 0) is 576 Å². The predicted molar refractivity (Wildman–Crippen MR) is 493 cm³/mol. The molecular formula is C120H186. The van der Waals surface area contributed by atoms with Crippen molar-refractivity contribution in [3.8, 4) is 0 Å². The molecule has 0 heteroatoms. The topological polar surface area (TPSA) is 0 Å². The number of hydrogen-bond donors (Lipinski definition) is 0. The standard InChI is InChI=1S/C12H18.C11H14.2C11H18.2C10H16.C9H14.C8H8.2C7H10.C7H14.C6H8.C6H12.C5H10/c1-2-8-5-7(1)11-9-3-4-10(6-9)12(8)11;1-4-5-2-9-8(1)10-6(4)3-7(5)11(9)10;1-3-9-7-10-4-2-6-11(10,5-1)8-9;1-2-4-10-9-5-6-11(10)8(3-1)7-9;1-7-2-9-4-8(1)5-10(3-7)6-9;1-2-9-7-4-5-8(6-7)10(9)3-1;1-6-2-8-4-7(1)5-9(8)3-6;1-2-5-3(1)7-4(1)6(2)8(5)7;1-4-2-6-5(1)7(6)3-4;1-2-4-6-5(3-1)7(4)6;1-2-4-6-7-5-3-1;1-2-4-5-3(1)6(4)5;1-2-4-6-5-3-1;1-2-4-5-3-1/h7-12H,1-6H2;4-11H,1-3H2;9-10H,1-8H2;8-11H,1-7H2;2*7-10H,1-6H2;6-9H,1-5H2;1-8H;2*4-7H,1-3H2;1-7H2;3-6H,1-2H2;1-6H2;1-5H2. The second kappa shape index (κ2) is 31.6. The molecule has 0 heterocycles. The van der Waals surface area contributed by atoms with Crippen molar-refractivity contribution in [1.29, 1.82) is 0 Å². The summed E-state index contributed by atoms with van der Waals surface area (Å²) in [4.78, 5) is 0. The molecule has 23 unspecified atom stereocenters. The van der Waals surface area contributed by atoms with Crippen LogP contribution in [-0.2, 0) is 0 Å². The Morgan fingerprint density at radius 1 is 0.117 bits per heavy atom. The van der Waals surface area contributed by atoms with Gasteiger partial charge in [-0.1, -0.05) is 167 Å². The van der Waals surface area contributed by atoms with E-state index in [1.807, 2.05) is 0 Å². The highest BCUT2D eigenvalue weighted by Gasteiger charge is 2.98. The SMILES string of the molecule is C12C3C4C1C1C2C3C41.C1C2C3CC4C5CC3C1C5C24.C1C2CC3C1C3C2.C1C2CC3CC1CC(C2)C3.C1C2CC3CC1CC3C2.C1CC2C3C(C1)C23.C1CC2C3C1C23.C1CC2C3CCC(C3)C2C1.C1CC2CC1C1C3CCC(C3)C21.C1CC2CC3CCCC3(C1)C2.C1CCC2C3CCC2C(C1)C3.C1CCCC1.C1CCCCC1.C1CCCCCC1. The van der Waals surface area contributed by atoms with Crippen LogP contribution < -0.4 is 0 Å². The maximum Gasteiger partial charge on any atom is -0.0266 e. The van der Waals surface area contributed by atoms with Crippen LogP contribution in [0.5, 0.6) is 0 Å². The van der Waals surface area contributed by atoms with E-state index in [9.17, 15) is 0 Å². The molecule has 47 saturated carbocycles. The summed E-state index contributed by atoms with van der Waals surface area (Å²) in [6, 6.07) is 0. The normalized spacial score (nSPS) is 61.8. The van der Waals surface area contributed by atoms with Crippen LogP contribution in [0.4, 0.5) is 0 Å². The van der Waals surface area contributed by atoms with Crippen molar-refractivity contribution >= 4 is 0 Å². The minimum absolute atomic E-state index is 0.906. The largest absolute Gasteiger partial charge is 0.0533 e. The van der Waals surface area contributed by atoms with Gasteiger partial charge in [-0.3, -0.25) is 0 Å².